The van der Waals surface area contributed by atoms with Crippen LogP contribution in [-0.2, 0) is 7.05 Å². The molecule has 0 spiro atoms. The lowest BCUT2D eigenvalue weighted by atomic mass is 9.96. The van der Waals surface area contributed by atoms with Gasteiger partial charge in [0.25, 0.3) is 0 Å². The second-order valence-corrected chi connectivity index (χ2v) is 9.66. The van der Waals surface area contributed by atoms with E-state index in [0.717, 1.165) is 53.3 Å². The summed E-state index contributed by atoms with van der Waals surface area (Å²) in [6.07, 6.45) is 2.56. The Morgan fingerprint density at radius 2 is 1.95 bits per heavy atom. The first kappa shape index (κ1) is 24.6. The molecule has 3 heterocycles. The molecule has 2 aromatic carbocycles. The molecule has 4 aromatic rings. The van der Waals surface area contributed by atoms with Gasteiger partial charge in [-0.1, -0.05) is 29.8 Å². The van der Waals surface area contributed by atoms with Crippen molar-refractivity contribution >= 4 is 29.1 Å². The molecule has 0 saturated heterocycles. The molecule has 0 bridgehead atoms. The fraction of sp³-hybridized carbons (Fsp3) is 0.250. The van der Waals surface area contributed by atoms with Gasteiger partial charge in [-0.05, 0) is 62.2 Å². The standard InChI is InChI=1S/C28H29ClN6O2/c1-4-34-15-14-23(22-16-20(29)11-12-24(22)34)30-28(37)31-27-18(2)26(19-10-13-25(36)33(3)17-19)32-35(27)21-8-6-5-7-9-21/h5-13,16-17,23H,4,14-15H2,1-3H3,(H2,30,31,32,37)/p+1. The number of amides is 2. The summed E-state index contributed by atoms with van der Waals surface area (Å²) < 4.78 is 3.38. The number of H-pyrrole nitrogens is 1. The lowest BCUT2D eigenvalue weighted by Crippen LogP contribution is -2.42. The van der Waals surface area contributed by atoms with Gasteiger partial charge in [-0.15, -0.1) is 4.68 Å². The topological polar surface area (TPSA) is 86.0 Å². The van der Waals surface area contributed by atoms with E-state index in [9.17, 15) is 9.59 Å². The molecule has 5 rings (SSSR count). The maximum Gasteiger partial charge on any atom is 0.407 e. The molecule has 0 aliphatic carbocycles. The molecular weight excluding hydrogens is 488 g/mol. The highest BCUT2D eigenvalue weighted by Gasteiger charge is 2.30. The summed E-state index contributed by atoms with van der Waals surface area (Å²) in [6.45, 7) is 5.81. The van der Waals surface area contributed by atoms with E-state index in [1.807, 2.05) is 60.1 Å². The average Bonchev–Trinajstić information content (AvgIpc) is 3.22. The minimum Gasteiger partial charge on any atom is -0.371 e. The van der Waals surface area contributed by atoms with Crippen LogP contribution in [0.3, 0.4) is 0 Å². The van der Waals surface area contributed by atoms with Crippen LogP contribution in [0.25, 0.3) is 16.9 Å². The van der Waals surface area contributed by atoms with Gasteiger partial charge in [0.2, 0.25) is 5.56 Å². The summed E-state index contributed by atoms with van der Waals surface area (Å²) in [5.74, 6) is 0.616. The number of aromatic amines is 1. The molecular formula is C28H30ClN6O2+. The highest BCUT2D eigenvalue weighted by atomic mass is 35.5. The molecule has 190 valence electrons. The summed E-state index contributed by atoms with van der Waals surface area (Å²) in [5, 5.41) is 10.3. The number of carbonyl (C=O) groups is 1. The van der Waals surface area contributed by atoms with Gasteiger partial charge in [-0.2, -0.15) is 5.32 Å². The first-order valence-electron chi connectivity index (χ1n) is 12.3. The molecule has 9 heteroatoms. The van der Waals surface area contributed by atoms with Gasteiger partial charge in [-0.25, -0.2) is 9.89 Å². The monoisotopic (exact) mass is 517 g/mol. The van der Waals surface area contributed by atoms with E-state index in [0.29, 0.717) is 10.8 Å². The Morgan fingerprint density at radius 1 is 1.16 bits per heavy atom. The average molecular weight is 518 g/mol. The van der Waals surface area contributed by atoms with Gasteiger partial charge in [0.15, 0.2) is 5.69 Å². The Hall–Kier alpha value is -4.04. The highest BCUT2D eigenvalue weighted by molar-refractivity contribution is 6.30. The van der Waals surface area contributed by atoms with Crippen LogP contribution in [0.15, 0.2) is 71.7 Å². The van der Waals surface area contributed by atoms with E-state index in [4.69, 9.17) is 11.6 Å². The first-order chi connectivity index (χ1) is 17.9. The van der Waals surface area contributed by atoms with Crippen molar-refractivity contribution in [2.75, 3.05) is 23.3 Å². The maximum absolute atomic E-state index is 13.4. The van der Waals surface area contributed by atoms with Crippen LogP contribution in [0, 0.1) is 6.92 Å². The zero-order valence-electron chi connectivity index (χ0n) is 21.1. The van der Waals surface area contributed by atoms with Crippen molar-refractivity contribution in [1.82, 2.24) is 15.0 Å². The molecule has 3 N–H and O–H groups in total. The van der Waals surface area contributed by atoms with E-state index in [2.05, 4.69) is 27.6 Å². The zero-order valence-corrected chi connectivity index (χ0v) is 21.8. The summed E-state index contributed by atoms with van der Waals surface area (Å²) >= 11 is 6.31. The minimum atomic E-state index is -0.306. The van der Waals surface area contributed by atoms with E-state index in [1.54, 1.807) is 19.3 Å². The second-order valence-electron chi connectivity index (χ2n) is 9.22. The predicted octanol–water partition coefficient (Wildman–Crippen LogP) is 4.71. The van der Waals surface area contributed by atoms with Crippen molar-refractivity contribution in [3.63, 3.8) is 0 Å². The molecule has 37 heavy (non-hydrogen) atoms. The molecule has 8 nitrogen and oxygen atoms in total. The highest BCUT2D eigenvalue weighted by Crippen LogP contribution is 2.35. The fourth-order valence-corrected chi connectivity index (χ4v) is 5.10. The van der Waals surface area contributed by atoms with Gasteiger partial charge in [0.1, 0.15) is 0 Å². The molecule has 1 unspecified atom stereocenters. The lowest BCUT2D eigenvalue weighted by Gasteiger charge is -2.35. The van der Waals surface area contributed by atoms with E-state index < -0.39 is 0 Å². The van der Waals surface area contributed by atoms with Crippen molar-refractivity contribution in [3.05, 3.63) is 93.4 Å². The normalized spacial score (nSPS) is 14.8. The number of urea groups is 1. The van der Waals surface area contributed by atoms with E-state index in [-0.39, 0.29) is 17.6 Å². The number of aryl methyl sites for hydroxylation is 1. The Balaban J connectivity index is 1.48. The van der Waals surface area contributed by atoms with Crippen LogP contribution >= 0.6 is 11.6 Å². The van der Waals surface area contributed by atoms with Crippen molar-refractivity contribution in [3.8, 4) is 16.9 Å². The largest absolute Gasteiger partial charge is 0.407 e. The van der Waals surface area contributed by atoms with Gasteiger partial charge in [0, 0.05) is 48.7 Å². The fourth-order valence-electron chi connectivity index (χ4n) is 4.91. The molecule has 2 aromatic heterocycles. The number of pyridine rings is 1. The molecule has 1 aliphatic rings. The third-order valence-electron chi connectivity index (χ3n) is 6.88. The summed E-state index contributed by atoms with van der Waals surface area (Å²) in [7, 11) is 1.72. The van der Waals surface area contributed by atoms with Crippen molar-refractivity contribution < 1.29 is 9.48 Å². The number of nitrogens with one attached hydrogen (secondary N) is 3. The molecule has 2 amide bonds. The maximum atomic E-state index is 13.4. The second kappa shape index (κ2) is 10.1. The minimum absolute atomic E-state index is 0.0869. The number of para-hydroxylation sites is 1. The van der Waals surface area contributed by atoms with E-state index in [1.165, 1.54) is 10.6 Å². The van der Waals surface area contributed by atoms with Crippen LogP contribution in [0.1, 0.15) is 30.5 Å². The van der Waals surface area contributed by atoms with Gasteiger partial charge in [0.05, 0.1) is 17.3 Å². The lowest BCUT2D eigenvalue weighted by molar-refractivity contribution is -0.640. The number of benzene rings is 2. The third-order valence-corrected chi connectivity index (χ3v) is 7.11. The Bertz CT molecular complexity index is 1510. The third kappa shape index (κ3) is 4.84. The number of hydrogen-bond donors (Lipinski definition) is 3. The number of anilines is 2. The quantitative estimate of drug-likeness (QED) is 0.335. The Morgan fingerprint density at radius 3 is 2.68 bits per heavy atom. The number of aromatic nitrogens is 3. The summed E-state index contributed by atoms with van der Waals surface area (Å²) in [4.78, 5) is 27.6. The molecule has 0 fully saturated rings. The van der Waals surface area contributed by atoms with Crippen LogP contribution in [0.2, 0.25) is 5.02 Å². The number of carbonyl (C=O) groups excluding carboxylic acids is 1. The zero-order chi connectivity index (χ0) is 26.1. The summed E-state index contributed by atoms with van der Waals surface area (Å²) in [5.41, 5.74) is 5.39. The molecule has 1 atom stereocenters. The van der Waals surface area contributed by atoms with Crippen LogP contribution < -0.4 is 25.8 Å². The van der Waals surface area contributed by atoms with Crippen molar-refractivity contribution in [2.24, 2.45) is 7.05 Å². The molecule has 0 radical (unpaired) electrons. The smallest absolute Gasteiger partial charge is 0.371 e. The SMILES string of the molecule is CCN1CCC(NC(=O)Nc2c(C)c(-c3ccc(=O)n(C)c3)[nH][n+]2-c2ccccc2)c2cc(Cl)ccc21. The van der Waals surface area contributed by atoms with Gasteiger partial charge >= 0.3 is 11.8 Å². The Kier molecular flexibility index (Phi) is 6.76. The molecule has 0 saturated carbocycles. The number of halogens is 1. The van der Waals surface area contributed by atoms with Gasteiger partial charge in [-0.3, -0.25) is 4.79 Å². The van der Waals surface area contributed by atoms with E-state index >= 15 is 0 Å². The van der Waals surface area contributed by atoms with Crippen LogP contribution in [-0.4, -0.2) is 28.8 Å². The predicted molar refractivity (Wildman–Crippen MR) is 147 cm³/mol. The van der Waals surface area contributed by atoms with Crippen molar-refractivity contribution in [2.45, 2.75) is 26.3 Å². The Labute approximate surface area is 220 Å². The number of hydrogen-bond acceptors (Lipinski definition) is 3. The van der Waals surface area contributed by atoms with Crippen LogP contribution in [0.4, 0.5) is 16.3 Å². The van der Waals surface area contributed by atoms with Crippen LogP contribution in [0.5, 0.6) is 0 Å². The van der Waals surface area contributed by atoms with Gasteiger partial charge < -0.3 is 14.8 Å². The number of rotatable bonds is 5. The number of fused-ring (bicyclic) bond motifs is 1. The molecule has 1 aliphatic heterocycles. The number of nitrogens with zero attached hydrogens (tertiary/aromatic N) is 3. The first-order valence-corrected chi connectivity index (χ1v) is 12.7. The van der Waals surface area contributed by atoms with Crippen molar-refractivity contribution in [1.29, 1.82) is 0 Å². The summed E-state index contributed by atoms with van der Waals surface area (Å²) in [6, 6.07) is 18.4.